The van der Waals surface area contributed by atoms with Crippen molar-refractivity contribution in [2.75, 3.05) is 19.6 Å². The van der Waals surface area contributed by atoms with Gasteiger partial charge in [-0.3, -0.25) is 9.59 Å². The highest BCUT2D eigenvalue weighted by atomic mass is 16.2. The number of nitrogens with zero attached hydrogens (tertiary/aromatic N) is 1. The smallest absolute Gasteiger partial charge is 0.252 e. The Hall–Kier alpha value is -1.88. The molecule has 1 saturated carbocycles. The first-order valence-electron chi connectivity index (χ1n) is 7.52. The topological polar surface area (TPSA) is 75.4 Å². The summed E-state index contributed by atoms with van der Waals surface area (Å²) in [6.07, 6.45) is 2.42. The van der Waals surface area contributed by atoms with Crippen molar-refractivity contribution in [2.24, 2.45) is 11.7 Å². The molecule has 1 unspecified atom stereocenters. The first-order chi connectivity index (χ1) is 10.1. The van der Waals surface area contributed by atoms with Crippen molar-refractivity contribution in [3.8, 4) is 0 Å². The third-order valence-corrected chi connectivity index (χ3v) is 4.45. The van der Waals surface area contributed by atoms with E-state index in [9.17, 15) is 9.59 Å². The highest BCUT2D eigenvalue weighted by Gasteiger charge is 2.53. The summed E-state index contributed by atoms with van der Waals surface area (Å²) < 4.78 is 0. The van der Waals surface area contributed by atoms with Gasteiger partial charge in [-0.1, -0.05) is 18.2 Å². The van der Waals surface area contributed by atoms with Gasteiger partial charge in [-0.2, -0.15) is 0 Å². The molecule has 2 aliphatic rings. The van der Waals surface area contributed by atoms with Gasteiger partial charge in [0, 0.05) is 18.7 Å². The molecule has 1 saturated heterocycles. The van der Waals surface area contributed by atoms with E-state index < -0.39 is 5.54 Å². The summed E-state index contributed by atoms with van der Waals surface area (Å²) in [6, 6.07) is 9.03. The largest absolute Gasteiger partial charge is 0.340 e. The Balaban J connectivity index is 1.65. The molecule has 1 aromatic carbocycles. The van der Waals surface area contributed by atoms with E-state index in [2.05, 4.69) is 5.32 Å². The molecular weight excluding hydrogens is 266 g/mol. The Bertz CT molecular complexity index is 540. The average Bonchev–Trinajstić information content (AvgIpc) is 3.14. The van der Waals surface area contributed by atoms with E-state index in [1.165, 1.54) is 0 Å². The van der Waals surface area contributed by atoms with Crippen LogP contribution in [0.15, 0.2) is 30.3 Å². The molecule has 1 atom stereocenters. The molecule has 2 amide bonds. The number of hydrogen-bond acceptors (Lipinski definition) is 3. The van der Waals surface area contributed by atoms with Crippen LogP contribution in [0.2, 0.25) is 0 Å². The Morgan fingerprint density at radius 3 is 2.57 bits per heavy atom. The highest BCUT2D eigenvalue weighted by Crippen LogP contribution is 2.38. The van der Waals surface area contributed by atoms with E-state index in [1.807, 2.05) is 23.1 Å². The maximum Gasteiger partial charge on any atom is 0.252 e. The van der Waals surface area contributed by atoms with E-state index in [0.29, 0.717) is 18.0 Å². The van der Waals surface area contributed by atoms with Crippen molar-refractivity contribution in [1.29, 1.82) is 0 Å². The summed E-state index contributed by atoms with van der Waals surface area (Å²) in [5, 5.41) is 2.93. The molecule has 1 aliphatic heterocycles. The number of carbonyl (C=O) groups is 2. The zero-order valence-corrected chi connectivity index (χ0v) is 12.0. The molecule has 5 heteroatoms. The summed E-state index contributed by atoms with van der Waals surface area (Å²) in [7, 11) is 0. The predicted octanol–water partition coefficient (Wildman–Crippen LogP) is 0.756. The van der Waals surface area contributed by atoms with Crippen molar-refractivity contribution in [1.82, 2.24) is 10.2 Å². The van der Waals surface area contributed by atoms with Crippen LogP contribution in [0.3, 0.4) is 0 Å². The monoisotopic (exact) mass is 287 g/mol. The molecule has 21 heavy (non-hydrogen) atoms. The van der Waals surface area contributed by atoms with Gasteiger partial charge < -0.3 is 16.0 Å². The normalized spacial score (nSPS) is 22.9. The van der Waals surface area contributed by atoms with Gasteiger partial charge in [0.05, 0.1) is 0 Å². The average molecular weight is 287 g/mol. The van der Waals surface area contributed by atoms with Gasteiger partial charge in [0.15, 0.2) is 0 Å². The molecular formula is C16H21N3O2. The second-order valence-corrected chi connectivity index (χ2v) is 6.04. The fourth-order valence-electron chi connectivity index (χ4n) is 2.91. The molecule has 0 aromatic heterocycles. The first kappa shape index (κ1) is 14.1. The lowest BCUT2D eigenvalue weighted by atomic mass is 10.1. The number of hydrogen-bond donors (Lipinski definition) is 2. The second-order valence-electron chi connectivity index (χ2n) is 6.04. The number of benzene rings is 1. The zero-order valence-electron chi connectivity index (χ0n) is 12.0. The SMILES string of the molecule is NCC1CCN(C(=O)C2(NC(=O)c3ccccc3)CC2)C1. The van der Waals surface area contributed by atoms with Crippen LogP contribution in [-0.4, -0.2) is 41.9 Å². The van der Waals surface area contributed by atoms with E-state index >= 15 is 0 Å². The minimum atomic E-state index is -0.670. The van der Waals surface area contributed by atoms with Crippen molar-refractivity contribution in [3.05, 3.63) is 35.9 Å². The van der Waals surface area contributed by atoms with Gasteiger partial charge in [0.1, 0.15) is 5.54 Å². The quantitative estimate of drug-likeness (QED) is 0.858. The van der Waals surface area contributed by atoms with Gasteiger partial charge in [-0.05, 0) is 43.9 Å². The van der Waals surface area contributed by atoms with Gasteiger partial charge in [0.25, 0.3) is 5.91 Å². The summed E-state index contributed by atoms with van der Waals surface area (Å²) in [5.41, 5.74) is 5.59. The maximum absolute atomic E-state index is 12.6. The van der Waals surface area contributed by atoms with Crippen LogP contribution in [0.1, 0.15) is 29.6 Å². The Morgan fingerprint density at radius 1 is 1.29 bits per heavy atom. The number of carbonyl (C=O) groups excluding carboxylic acids is 2. The molecule has 1 heterocycles. The summed E-state index contributed by atoms with van der Waals surface area (Å²) in [4.78, 5) is 26.7. The fraction of sp³-hybridized carbons (Fsp3) is 0.500. The Kier molecular flexibility index (Phi) is 3.68. The third-order valence-electron chi connectivity index (χ3n) is 4.45. The molecule has 3 rings (SSSR count). The summed E-state index contributed by atoms with van der Waals surface area (Å²) in [5.74, 6) is 0.285. The van der Waals surface area contributed by atoms with Crippen LogP contribution in [0.25, 0.3) is 0 Å². The molecule has 0 bridgehead atoms. The molecule has 2 fully saturated rings. The van der Waals surface area contributed by atoms with Crippen molar-refractivity contribution in [2.45, 2.75) is 24.8 Å². The molecule has 1 aliphatic carbocycles. The van der Waals surface area contributed by atoms with Gasteiger partial charge in [0.2, 0.25) is 5.91 Å². The number of amides is 2. The standard InChI is InChI=1S/C16H21N3O2/c17-10-12-6-9-19(11-12)15(21)16(7-8-16)18-14(20)13-4-2-1-3-5-13/h1-5,12H,6-11,17H2,(H,18,20). The first-order valence-corrected chi connectivity index (χ1v) is 7.52. The molecule has 3 N–H and O–H groups in total. The Morgan fingerprint density at radius 2 is 2.00 bits per heavy atom. The van der Waals surface area contributed by atoms with Gasteiger partial charge in [-0.25, -0.2) is 0 Å². The molecule has 5 nitrogen and oxygen atoms in total. The second kappa shape index (κ2) is 5.48. The number of nitrogens with one attached hydrogen (secondary N) is 1. The van der Waals surface area contributed by atoms with Crippen LogP contribution < -0.4 is 11.1 Å². The summed E-state index contributed by atoms with van der Waals surface area (Å²) >= 11 is 0. The van der Waals surface area contributed by atoms with Crippen LogP contribution in [0, 0.1) is 5.92 Å². The number of likely N-dealkylation sites (tertiary alicyclic amines) is 1. The lowest BCUT2D eigenvalue weighted by molar-refractivity contribution is -0.133. The van der Waals surface area contributed by atoms with Crippen LogP contribution in [0.4, 0.5) is 0 Å². The number of nitrogens with two attached hydrogens (primary N) is 1. The maximum atomic E-state index is 12.6. The molecule has 0 radical (unpaired) electrons. The Labute approximate surface area is 124 Å². The van der Waals surface area contributed by atoms with Gasteiger partial charge >= 0.3 is 0 Å². The van der Waals surface area contributed by atoms with Crippen LogP contribution in [0.5, 0.6) is 0 Å². The highest BCUT2D eigenvalue weighted by molar-refractivity contribution is 6.00. The molecule has 0 spiro atoms. The third kappa shape index (κ3) is 2.78. The molecule has 112 valence electrons. The lowest BCUT2D eigenvalue weighted by Gasteiger charge is -2.24. The van der Waals surface area contributed by atoms with E-state index in [-0.39, 0.29) is 11.8 Å². The minimum absolute atomic E-state index is 0.0581. The van der Waals surface area contributed by atoms with Crippen molar-refractivity contribution in [3.63, 3.8) is 0 Å². The van der Waals surface area contributed by atoms with E-state index in [1.54, 1.807) is 12.1 Å². The lowest BCUT2D eigenvalue weighted by Crippen LogP contribution is -2.50. The van der Waals surface area contributed by atoms with E-state index in [0.717, 1.165) is 32.4 Å². The molecule has 1 aromatic rings. The van der Waals surface area contributed by atoms with Crippen LogP contribution in [-0.2, 0) is 4.79 Å². The van der Waals surface area contributed by atoms with Gasteiger partial charge in [-0.15, -0.1) is 0 Å². The summed E-state index contributed by atoms with van der Waals surface area (Å²) in [6.45, 7) is 2.09. The van der Waals surface area contributed by atoms with Crippen molar-refractivity contribution >= 4 is 11.8 Å². The fourth-order valence-corrected chi connectivity index (χ4v) is 2.91. The van der Waals surface area contributed by atoms with Crippen LogP contribution >= 0.6 is 0 Å². The zero-order chi connectivity index (χ0) is 14.9. The number of rotatable bonds is 4. The predicted molar refractivity (Wildman–Crippen MR) is 79.6 cm³/mol. The van der Waals surface area contributed by atoms with E-state index in [4.69, 9.17) is 5.73 Å². The minimum Gasteiger partial charge on any atom is -0.340 e. The van der Waals surface area contributed by atoms with Crippen molar-refractivity contribution < 1.29 is 9.59 Å².